The summed E-state index contributed by atoms with van der Waals surface area (Å²) in [6.45, 7) is 8.86. The summed E-state index contributed by atoms with van der Waals surface area (Å²) in [4.78, 5) is 18.5. The molecule has 1 rings (SSSR count). The molecule has 0 aliphatic heterocycles. The van der Waals surface area contributed by atoms with E-state index in [-0.39, 0.29) is 16.2 Å². The Morgan fingerprint density at radius 1 is 1.55 bits per heavy atom. The molecule has 0 amide bonds. The normalized spacial score (nSPS) is 11.3. The van der Waals surface area contributed by atoms with Crippen LogP contribution in [-0.2, 0) is 6.54 Å². The minimum Gasteiger partial charge on any atom is -0.494 e. The second-order valence-corrected chi connectivity index (χ2v) is 5.35. The number of aliphatic imine (C=N–C) groups is 1. The first-order valence-corrected chi connectivity index (χ1v) is 7.05. The summed E-state index contributed by atoms with van der Waals surface area (Å²) in [5.41, 5.74) is -0.301. The highest BCUT2D eigenvalue weighted by molar-refractivity contribution is 7.71. The van der Waals surface area contributed by atoms with E-state index in [1.54, 1.807) is 6.08 Å². The highest BCUT2D eigenvalue weighted by Crippen LogP contribution is 2.11. The summed E-state index contributed by atoms with van der Waals surface area (Å²) in [5.74, 6) is 0.461. The zero-order valence-corrected chi connectivity index (χ0v) is 12.7. The fourth-order valence-electron chi connectivity index (χ4n) is 1.74. The molecule has 20 heavy (non-hydrogen) atoms. The van der Waals surface area contributed by atoms with E-state index in [0.717, 1.165) is 12.8 Å². The van der Waals surface area contributed by atoms with Crippen LogP contribution in [0.3, 0.4) is 0 Å². The molecule has 0 bridgehead atoms. The lowest BCUT2D eigenvalue weighted by molar-refractivity contribution is 0.413. The van der Waals surface area contributed by atoms with E-state index >= 15 is 0 Å². The molecule has 0 radical (unpaired) electrons. The van der Waals surface area contributed by atoms with Gasteiger partial charge in [0.15, 0.2) is 4.77 Å². The number of hydrogen-bond acceptors (Lipinski definition) is 4. The van der Waals surface area contributed by atoms with Crippen LogP contribution in [-0.4, -0.2) is 27.4 Å². The molecule has 0 aromatic carbocycles. The summed E-state index contributed by atoms with van der Waals surface area (Å²) < 4.78 is 1.57. The van der Waals surface area contributed by atoms with Gasteiger partial charge >= 0.3 is 0 Å². The molecule has 0 saturated carbocycles. The van der Waals surface area contributed by atoms with Crippen LogP contribution in [0.5, 0.6) is 5.88 Å². The van der Waals surface area contributed by atoms with Crippen LogP contribution in [0.4, 0.5) is 0 Å². The topological polar surface area (TPSA) is 70.4 Å². The van der Waals surface area contributed by atoms with Gasteiger partial charge in [0.1, 0.15) is 5.56 Å². The molecule has 0 saturated heterocycles. The van der Waals surface area contributed by atoms with Crippen molar-refractivity contribution in [2.24, 2.45) is 10.9 Å². The number of H-pyrrole nitrogens is 1. The first kappa shape index (κ1) is 16.4. The number of nitrogens with zero attached hydrogens (tertiary/aromatic N) is 2. The average molecular weight is 295 g/mol. The molecule has 0 spiro atoms. The maximum atomic E-state index is 11.8. The van der Waals surface area contributed by atoms with Crippen LogP contribution in [0.1, 0.15) is 32.3 Å². The lowest BCUT2D eigenvalue weighted by Crippen LogP contribution is -2.18. The summed E-state index contributed by atoms with van der Waals surface area (Å²) in [5, 5.41) is 10.1. The third-order valence-corrected chi connectivity index (χ3v) is 3.13. The van der Waals surface area contributed by atoms with Crippen molar-refractivity contribution in [2.75, 3.05) is 6.54 Å². The van der Waals surface area contributed by atoms with Gasteiger partial charge in [0.2, 0.25) is 5.88 Å². The van der Waals surface area contributed by atoms with E-state index in [9.17, 15) is 9.90 Å². The number of aromatic nitrogens is 2. The minimum atomic E-state index is -0.430. The smallest absolute Gasteiger partial charge is 0.264 e. The SMILES string of the molecule is C=CCn1c(O)c(C=NCCCC(C)C)c(=O)[nH]c1=S. The number of nitrogens with one attached hydrogen (secondary N) is 1. The zero-order valence-electron chi connectivity index (χ0n) is 11.9. The maximum Gasteiger partial charge on any atom is 0.264 e. The van der Waals surface area contributed by atoms with Gasteiger partial charge in [-0.05, 0) is 31.0 Å². The number of hydrogen-bond donors (Lipinski definition) is 2. The van der Waals surface area contributed by atoms with Crippen LogP contribution in [0.2, 0.25) is 0 Å². The summed E-state index contributed by atoms with van der Waals surface area (Å²) in [7, 11) is 0. The highest BCUT2D eigenvalue weighted by Gasteiger charge is 2.09. The minimum absolute atomic E-state index is 0.130. The first-order valence-electron chi connectivity index (χ1n) is 6.64. The van der Waals surface area contributed by atoms with E-state index in [1.807, 2.05) is 0 Å². The number of rotatable bonds is 7. The molecular formula is C14H21N3O2S. The van der Waals surface area contributed by atoms with Crippen molar-refractivity contribution in [3.63, 3.8) is 0 Å². The van der Waals surface area contributed by atoms with Crippen LogP contribution in [0.15, 0.2) is 22.4 Å². The van der Waals surface area contributed by atoms with Crippen molar-refractivity contribution in [3.8, 4) is 5.88 Å². The predicted molar refractivity (Wildman–Crippen MR) is 84.3 cm³/mol. The Morgan fingerprint density at radius 2 is 2.25 bits per heavy atom. The Balaban J connectivity index is 2.92. The molecular weight excluding hydrogens is 274 g/mol. The Labute approximate surface area is 123 Å². The van der Waals surface area contributed by atoms with Gasteiger partial charge in [-0.2, -0.15) is 0 Å². The third kappa shape index (κ3) is 4.45. The van der Waals surface area contributed by atoms with Crippen molar-refractivity contribution in [2.45, 2.75) is 33.2 Å². The second kappa shape index (κ2) is 7.79. The fraction of sp³-hybridized carbons (Fsp3) is 0.500. The van der Waals surface area contributed by atoms with Crippen LogP contribution < -0.4 is 5.56 Å². The Morgan fingerprint density at radius 3 is 2.85 bits per heavy atom. The Bertz CT molecular complexity index is 599. The molecule has 2 N–H and O–H groups in total. The van der Waals surface area contributed by atoms with Crippen LogP contribution in [0.25, 0.3) is 0 Å². The van der Waals surface area contributed by atoms with Gasteiger partial charge in [-0.1, -0.05) is 19.9 Å². The van der Waals surface area contributed by atoms with Crippen molar-refractivity contribution >= 4 is 18.4 Å². The molecule has 0 atom stereocenters. The van der Waals surface area contributed by atoms with Gasteiger partial charge in [0, 0.05) is 19.3 Å². The van der Waals surface area contributed by atoms with Crippen molar-refractivity contribution in [1.82, 2.24) is 9.55 Å². The lowest BCUT2D eigenvalue weighted by Gasteiger charge is -2.08. The fourth-order valence-corrected chi connectivity index (χ4v) is 1.99. The average Bonchev–Trinajstić information content (AvgIpc) is 2.37. The van der Waals surface area contributed by atoms with E-state index in [2.05, 4.69) is 30.4 Å². The molecule has 110 valence electrons. The molecule has 1 aromatic rings. The van der Waals surface area contributed by atoms with Gasteiger partial charge in [-0.15, -0.1) is 6.58 Å². The molecule has 0 unspecified atom stereocenters. The molecule has 6 heteroatoms. The largest absolute Gasteiger partial charge is 0.494 e. The molecule has 1 aromatic heterocycles. The Kier molecular flexibility index (Phi) is 6.38. The van der Waals surface area contributed by atoms with E-state index < -0.39 is 5.56 Å². The number of allylic oxidation sites excluding steroid dienone is 1. The van der Waals surface area contributed by atoms with Gasteiger partial charge in [-0.25, -0.2) is 0 Å². The van der Waals surface area contributed by atoms with Gasteiger partial charge in [0.25, 0.3) is 5.56 Å². The second-order valence-electron chi connectivity index (χ2n) is 4.97. The molecule has 0 fully saturated rings. The Hall–Kier alpha value is -1.69. The zero-order chi connectivity index (χ0) is 15.1. The highest BCUT2D eigenvalue weighted by atomic mass is 32.1. The van der Waals surface area contributed by atoms with Crippen LogP contribution in [0, 0.1) is 10.7 Å². The predicted octanol–water partition coefficient (Wildman–Crippen LogP) is 2.65. The number of aromatic hydroxyl groups is 1. The van der Waals surface area contributed by atoms with Crippen molar-refractivity contribution in [1.29, 1.82) is 0 Å². The van der Waals surface area contributed by atoms with E-state index in [4.69, 9.17) is 12.2 Å². The summed E-state index contributed by atoms with van der Waals surface area (Å²) in [6.07, 6.45) is 5.04. The van der Waals surface area contributed by atoms with Crippen molar-refractivity contribution < 1.29 is 5.11 Å². The summed E-state index contributed by atoms with van der Waals surface area (Å²) in [6, 6.07) is 0. The van der Waals surface area contributed by atoms with Crippen LogP contribution >= 0.6 is 12.2 Å². The molecule has 0 aliphatic carbocycles. The third-order valence-electron chi connectivity index (χ3n) is 2.81. The quantitative estimate of drug-likeness (QED) is 0.351. The van der Waals surface area contributed by atoms with E-state index in [1.165, 1.54) is 10.8 Å². The first-order chi connectivity index (χ1) is 9.47. The van der Waals surface area contributed by atoms with Crippen molar-refractivity contribution in [3.05, 3.63) is 33.3 Å². The molecule has 5 nitrogen and oxygen atoms in total. The van der Waals surface area contributed by atoms with Gasteiger partial charge in [0.05, 0.1) is 0 Å². The summed E-state index contributed by atoms with van der Waals surface area (Å²) >= 11 is 4.99. The van der Waals surface area contributed by atoms with E-state index in [0.29, 0.717) is 19.0 Å². The standard InChI is InChI=1S/C14H21N3O2S/c1-4-8-17-13(19)11(12(18)16-14(17)20)9-15-7-5-6-10(2)3/h4,9-10,19H,1,5-8H2,2-3H3,(H,16,18,20). The van der Waals surface area contributed by atoms with Gasteiger partial charge < -0.3 is 5.11 Å². The maximum absolute atomic E-state index is 11.8. The molecule has 0 aliphatic rings. The lowest BCUT2D eigenvalue weighted by atomic mass is 10.1. The monoisotopic (exact) mass is 295 g/mol. The number of aromatic amines is 1. The molecule has 1 heterocycles. The van der Waals surface area contributed by atoms with Gasteiger partial charge in [-0.3, -0.25) is 19.3 Å².